The van der Waals surface area contributed by atoms with Gasteiger partial charge in [-0.25, -0.2) is 4.98 Å². The van der Waals surface area contributed by atoms with Gasteiger partial charge in [-0.3, -0.25) is 4.40 Å². The molecule has 0 aliphatic rings. The molecule has 0 atom stereocenters. The highest BCUT2D eigenvalue weighted by Crippen LogP contribution is 2.29. The van der Waals surface area contributed by atoms with Crippen LogP contribution in [0.5, 0.6) is 0 Å². The third-order valence-electron chi connectivity index (χ3n) is 2.41. The minimum atomic E-state index is 0.303. The van der Waals surface area contributed by atoms with Crippen LogP contribution in [0.2, 0.25) is 10.4 Å². The number of rotatable bonds is 1. The van der Waals surface area contributed by atoms with E-state index in [0.29, 0.717) is 27.6 Å². The minimum Gasteiger partial charge on any atom is -0.441 e. The average molecular weight is 268 g/mol. The molecule has 0 saturated carbocycles. The number of nitrogen functional groups attached to an aromatic ring is 1. The van der Waals surface area contributed by atoms with E-state index in [1.54, 1.807) is 34.9 Å². The fourth-order valence-electron chi connectivity index (χ4n) is 1.67. The molecule has 6 heteroatoms. The Hall–Kier alpha value is -1.65. The minimum absolute atomic E-state index is 0.303. The van der Waals surface area contributed by atoms with Crippen molar-refractivity contribution in [3.8, 4) is 11.6 Å². The summed E-state index contributed by atoms with van der Waals surface area (Å²) in [7, 11) is 0. The lowest BCUT2D eigenvalue weighted by molar-refractivity contribution is 0.579. The molecule has 4 nitrogen and oxygen atoms in total. The van der Waals surface area contributed by atoms with Crippen LogP contribution < -0.4 is 5.73 Å². The van der Waals surface area contributed by atoms with Crippen LogP contribution in [-0.2, 0) is 0 Å². The molecule has 3 rings (SSSR count). The molecule has 0 fully saturated rings. The van der Waals surface area contributed by atoms with E-state index < -0.39 is 0 Å². The lowest BCUT2D eigenvalue weighted by Crippen LogP contribution is -1.91. The molecule has 0 amide bonds. The molecular formula is C11H7Cl2N3O. The molecule has 0 saturated heterocycles. The number of imidazole rings is 1. The van der Waals surface area contributed by atoms with Crippen molar-refractivity contribution in [3.05, 3.63) is 40.8 Å². The second-order valence-corrected chi connectivity index (χ2v) is 4.28. The number of fused-ring (bicyclic) bond motifs is 1. The van der Waals surface area contributed by atoms with Crippen LogP contribution in [0.15, 0.2) is 34.9 Å². The molecular weight excluding hydrogens is 261 g/mol. The van der Waals surface area contributed by atoms with Crippen molar-refractivity contribution >= 4 is 34.4 Å². The van der Waals surface area contributed by atoms with Gasteiger partial charge in [0.2, 0.25) is 0 Å². The normalized spacial score (nSPS) is 11.2. The van der Waals surface area contributed by atoms with Gasteiger partial charge in [-0.2, -0.15) is 0 Å². The van der Waals surface area contributed by atoms with E-state index in [1.165, 1.54) is 0 Å². The number of nitrogens with zero attached hydrogens (tertiary/aromatic N) is 2. The predicted octanol–water partition coefficient (Wildman–Crippen LogP) is 3.48. The molecule has 0 radical (unpaired) electrons. The van der Waals surface area contributed by atoms with E-state index in [0.717, 1.165) is 5.52 Å². The van der Waals surface area contributed by atoms with Crippen molar-refractivity contribution in [2.45, 2.75) is 0 Å². The molecule has 3 heterocycles. The van der Waals surface area contributed by atoms with Crippen LogP contribution >= 0.6 is 23.2 Å². The monoisotopic (exact) mass is 267 g/mol. The van der Waals surface area contributed by atoms with Crippen LogP contribution in [0.25, 0.3) is 17.1 Å². The summed E-state index contributed by atoms with van der Waals surface area (Å²) in [5, 5.41) is 0.698. The Balaban J connectivity index is 2.33. The number of hydrogen-bond acceptors (Lipinski definition) is 3. The van der Waals surface area contributed by atoms with Crippen LogP contribution in [-0.4, -0.2) is 9.38 Å². The second-order valence-electron chi connectivity index (χ2n) is 3.55. The van der Waals surface area contributed by atoms with E-state index in [4.69, 9.17) is 33.4 Å². The molecule has 3 aromatic heterocycles. The van der Waals surface area contributed by atoms with Gasteiger partial charge in [0, 0.05) is 11.9 Å². The molecule has 0 aromatic carbocycles. The van der Waals surface area contributed by atoms with Crippen LogP contribution in [0.4, 0.5) is 5.69 Å². The average Bonchev–Trinajstić information content (AvgIpc) is 2.83. The Bertz CT molecular complexity index is 702. The van der Waals surface area contributed by atoms with Gasteiger partial charge < -0.3 is 10.2 Å². The zero-order valence-electron chi connectivity index (χ0n) is 8.52. The Morgan fingerprint density at radius 1 is 1.18 bits per heavy atom. The summed E-state index contributed by atoms with van der Waals surface area (Å²) in [6, 6.07) is 6.95. The molecule has 2 N–H and O–H groups in total. The number of aromatic nitrogens is 2. The summed E-state index contributed by atoms with van der Waals surface area (Å²) >= 11 is 11.8. The maximum Gasteiger partial charge on any atom is 0.194 e. The van der Waals surface area contributed by atoms with Gasteiger partial charge in [0.05, 0.1) is 5.52 Å². The van der Waals surface area contributed by atoms with E-state index in [-0.39, 0.29) is 0 Å². The molecule has 17 heavy (non-hydrogen) atoms. The summed E-state index contributed by atoms with van der Waals surface area (Å²) in [6.45, 7) is 0. The van der Waals surface area contributed by atoms with Gasteiger partial charge in [0.25, 0.3) is 0 Å². The maximum absolute atomic E-state index is 6.04. The predicted molar refractivity (Wildman–Crippen MR) is 67.3 cm³/mol. The number of anilines is 1. The lowest BCUT2D eigenvalue weighted by atomic mass is 10.3. The third-order valence-corrected chi connectivity index (χ3v) is 2.89. The fourth-order valence-corrected chi connectivity index (χ4v) is 2.05. The summed E-state index contributed by atoms with van der Waals surface area (Å²) in [5.74, 6) is 1.12. The zero-order chi connectivity index (χ0) is 12.0. The Kier molecular flexibility index (Phi) is 2.28. The Labute approximate surface area is 107 Å². The highest BCUT2D eigenvalue weighted by molar-refractivity contribution is 6.33. The summed E-state index contributed by atoms with van der Waals surface area (Å²) in [5.41, 5.74) is 7.12. The van der Waals surface area contributed by atoms with Crippen LogP contribution in [0.3, 0.4) is 0 Å². The molecule has 0 bridgehead atoms. The molecule has 0 aliphatic carbocycles. The Morgan fingerprint density at radius 2 is 2.00 bits per heavy atom. The number of furan rings is 1. The largest absolute Gasteiger partial charge is 0.441 e. The first-order chi connectivity index (χ1) is 8.15. The Morgan fingerprint density at radius 3 is 2.71 bits per heavy atom. The highest BCUT2D eigenvalue weighted by atomic mass is 35.5. The SMILES string of the molecule is Nc1ccc2c(Cl)nc(-c3ccc(Cl)o3)n2c1. The van der Waals surface area contributed by atoms with Crippen molar-refractivity contribution < 1.29 is 4.42 Å². The van der Waals surface area contributed by atoms with Crippen molar-refractivity contribution in [1.29, 1.82) is 0 Å². The van der Waals surface area contributed by atoms with Crippen LogP contribution in [0, 0.1) is 0 Å². The molecule has 0 spiro atoms. The number of hydrogen-bond donors (Lipinski definition) is 1. The first-order valence-corrected chi connectivity index (χ1v) is 5.59. The third kappa shape index (κ3) is 1.66. The van der Waals surface area contributed by atoms with Gasteiger partial charge in [-0.05, 0) is 35.9 Å². The van der Waals surface area contributed by atoms with Crippen molar-refractivity contribution in [1.82, 2.24) is 9.38 Å². The second kappa shape index (κ2) is 3.68. The summed E-state index contributed by atoms with van der Waals surface area (Å²) < 4.78 is 7.08. The molecule has 0 unspecified atom stereocenters. The van der Waals surface area contributed by atoms with Crippen LogP contribution in [0.1, 0.15) is 0 Å². The van der Waals surface area contributed by atoms with Gasteiger partial charge in [-0.15, -0.1) is 0 Å². The summed E-state index contributed by atoms with van der Waals surface area (Å²) in [6.07, 6.45) is 1.74. The molecule has 0 aliphatic heterocycles. The van der Waals surface area contributed by atoms with E-state index in [2.05, 4.69) is 4.98 Å². The quantitative estimate of drug-likeness (QED) is 0.735. The van der Waals surface area contributed by atoms with Gasteiger partial charge in [0.15, 0.2) is 22.0 Å². The maximum atomic E-state index is 6.04. The summed E-state index contributed by atoms with van der Waals surface area (Å²) in [4.78, 5) is 4.23. The number of pyridine rings is 1. The molecule has 3 aromatic rings. The molecule has 86 valence electrons. The van der Waals surface area contributed by atoms with Crippen molar-refractivity contribution in [2.75, 3.05) is 5.73 Å². The van der Waals surface area contributed by atoms with Gasteiger partial charge in [0.1, 0.15) is 0 Å². The number of halogens is 2. The van der Waals surface area contributed by atoms with E-state index in [9.17, 15) is 0 Å². The first-order valence-electron chi connectivity index (χ1n) is 4.84. The van der Waals surface area contributed by atoms with E-state index >= 15 is 0 Å². The topological polar surface area (TPSA) is 56.5 Å². The van der Waals surface area contributed by atoms with Gasteiger partial charge >= 0.3 is 0 Å². The van der Waals surface area contributed by atoms with Gasteiger partial charge in [-0.1, -0.05) is 11.6 Å². The highest BCUT2D eigenvalue weighted by Gasteiger charge is 2.14. The fraction of sp³-hybridized carbons (Fsp3) is 0. The van der Waals surface area contributed by atoms with Crippen molar-refractivity contribution in [2.24, 2.45) is 0 Å². The standard InChI is InChI=1S/C11H7Cl2N3O/c12-9-4-3-8(17-9)11-15-10(13)7-2-1-6(14)5-16(7)11/h1-5H,14H2. The van der Waals surface area contributed by atoms with E-state index in [1.807, 2.05) is 0 Å². The first kappa shape index (κ1) is 10.5. The number of nitrogens with two attached hydrogens (primary N) is 1. The smallest absolute Gasteiger partial charge is 0.194 e. The van der Waals surface area contributed by atoms with Crippen molar-refractivity contribution in [3.63, 3.8) is 0 Å². The zero-order valence-corrected chi connectivity index (χ0v) is 10.0. The lowest BCUT2D eigenvalue weighted by Gasteiger charge is -1.99.